The van der Waals surface area contributed by atoms with Gasteiger partial charge in [0.1, 0.15) is 29.1 Å². The highest BCUT2D eigenvalue weighted by molar-refractivity contribution is 6.93. The Morgan fingerprint density at radius 3 is 1.42 bits per heavy atom. The summed E-state index contributed by atoms with van der Waals surface area (Å²) in [6.45, 7) is 23.8. The van der Waals surface area contributed by atoms with Gasteiger partial charge in [0.25, 0.3) is 5.97 Å². The van der Waals surface area contributed by atoms with E-state index >= 15 is 0 Å². The summed E-state index contributed by atoms with van der Waals surface area (Å²) >= 11 is 13.4. The van der Waals surface area contributed by atoms with Crippen LogP contribution in [0.4, 0.5) is 10.7 Å². The Bertz CT molecular complexity index is 1300. The molecule has 0 saturated heterocycles. The zero-order valence-electron chi connectivity index (χ0n) is 32.2. The highest BCUT2D eigenvalue weighted by atomic mass is 35.5. The first-order valence-electron chi connectivity index (χ1n) is 16.0. The lowest BCUT2D eigenvalue weighted by Crippen LogP contribution is -2.21. The molecule has 10 N–H and O–H groups in total. The van der Waals surface area contributed by atoms with Crippen LogP contribution in [-0.4, -0.2) is 109 Å². The maximum atomic E-state index is 11.0. The largest absolute Gasteiger partial charge is 0.481 e. The van der Waals surface area contributed by atoms with Crippen LogP contribution in [0.2, 0.25) is 0 Å². The van der Waals surface area contributed by atoms with Crippen LogP contribution in [0.15, 0.2) is 0 Å². The average molecular weight is 818 g/mol. The summed E-state index contributed by atoms with van der Waals surface area (Å²) in [5, 5.41) is 30.3. The lowest BCUT2D eigenvalue weighted by atomic mass is 10.3. The fourth-order valence-electron chi connectivity index (χ4n) is 2.85. The molecule has 308 valence electrons. The summed E-state index contributed by atoms with van der Waals surface area (Å²) in [5.74, 6) is 3.43. The number of hydrogen-bond acceptors (Lipinski definition) is 14. The average Bonchev–Trinajstić information content (AvgIpc) is 3.73. The SMILES string of the molecule is C.CC(=O)Cl.CC(=O)O.CCCc1n[nH]c(C)n1.CCCc1nc(C)nn1C(C)=O.CCN(CC)CC.Cc1nc(N)n[nH]1.N=C(N)CN.O=C(Cl)Cl. The normalized spacial score (nSPS) is 8.75. The summed E-state index contributed by atoms with van der Waals surface area (Å²) in [6.07, 6.45) is 3.87. The molecule has 0 bridgehead atoms. The summed E-state index contributed by atoms with van der Waals surface area (Å²) in [6, 6.07) is 0. The van der Waals surface area contributed by atoms with Crippen molar-refractivity contribution in [2.75, 3.05) is 31.9 Å². The first kappa shape index (κ1) is 61.0. The van der Waals surface area contributed by atoms with E-state index in [1.807, 2.05) is 6.92 Å². The van der Waals surface area contributed by atoms with Crippen LogP contribution in [0.5, 0.6) is 0 Å². The number of rotatable bonds is 8. The molecule has 0 fully saturated rings. The molecule has 0 saturated carbocycles. The van der Waals surface area contributed by atoms with Gasteiger partial charge in [-0.2, -0.15) is 14.8 Å². The second kappa shape index (κ2) is 40.7. The number of carboxylic acids is 1. The van der Waals surface area contributed by atoms with E-state index in [9.17, 15) is 9.59 Å². The quantitative estimate of drug-likeness (QED) is 0.0865. The van der Waals surface area contributed by atoms with Crippen molar-refractivity contribution < 1.29 is 24.3 Å². The molecule has 3 aromatic rings. The molecule has 0 spiro atoms. The number of nitrogens with zero attached hydrogens (tertiary/aromatic N) is 8. The molecule has 53 heavy (non-hydrogen) atoms. The van der Waals surface area contributed by atoms with Crippen LogP contribution in [0.25, 0.3) is 0 Å². The van der Waals surface area contributed by atoms with Crippen molar-refractivity contribution in [1.29, 1.82) is 5.41 Å². The fraction of sp³-hybridized carbons (Fsp3) is 0.645. The number of anilines is 1. The molecule has 0 aliphatic carbocycles. The molecule has 0 aliphatic heterocycles. The second-order valence-corrected chi connectivity index (χ2v) is 11.1. The Balaban J connectivity index is -0.000000123. The van der Waals surface area contributed by atoms with E-state index in [0.717, 1.165) is 55.9 Å². The number of H-pyrrole nitrogens is 2. The molecule has 3 aromatic heterocycles. The molecule has 0 amide bonds. The monoisotopic (exact) mass is 816 g/mol. The van der Waals surface area contributed by atoms with E-state index in [1.54, 1.807) is 13.8 Å². The van der Waals surface area contributed by atoms with Gasteiger partial charge in [-0.3, -0.25) is 34.8 Å². The Labute approximate surface area is 329 Å². The first-order chi connectivity index (χ1) is 24.1. The lowest BCUT2D eigenvalue weighted by Gasteiger charge is -2.13. The Morgan fingerprint density at radius 1 is 0.830 bits per heavy atom. The van der Waals surface area contributed by atoms with Crippen LogP contribution < -0.4 is 17.2 Å². The predicted octanol–water partition coefficient (Wildman–Crippen LogP) is 5.27. The molecule has 3 heterocycles. The van der Waals surface area contributed by atoms with Gasteiger partial charge in [0.05, 0.1) is 6.54 Å². The standard InChI is InChI=1S/C8H13N3O.C6H11N3.C6H15N.C3H6N4.C2H3ClO.C2H7N3.C2H4O2.CCl2O.CH4/c1-4-5-8-9-6(2)10-11(8)7(3)12;1-3-4-6-7-5(2)8-9-6;1-4-7(5-2)6-3;1-2-5-3(4)7-6-2;1-2(3)4;3-1-2(4)5;1-2(3)4;2-1(3)4;/h4-5H2,1-3H3;3-4H2,1-2H3,(H,7,8,9);4-6H2,1-3H3;1H3,(H3,4,5,6,7);1H3;1,3H2,(H3,4,5);1H3,(H,3,4);;1H4. The molecule has 19 nitrogen and oxygen atoms in total. The van der Waals surface area contributed by atoms with E-state index in [0.29, 0.717) is 11.8 Å². The number of aromatic nitrogens is 9. The number of amidine groups is 1. The third kappa shape index (κ3) is 52.4. The lowest BCUT2D eigenvalue weighted by molar-refractivity contribution is -0.134. The third-order valence-electron chi connectivity index (χ3n) is 4.85. The highest BCUT2D eigenvalue weighted by Gasteiger charge is 2.08. The van der Waals surface area contributed by atoms with Crippen molar-refractivity contribution in [3.05, 3.63) is 29.1 Å². The summed E-state index contributed by atoms with van der Waals surface area (Å²) in [4.78, 5) is 52.6. The van der Waals surface area contributed by atoms with E-state index < -0.39 is 10.7 Å². The molecule has 0 aromatic carbocycles. The smallest absolute Gasteiger partial charge is 0.313 e. The van der Waals surface area contributed by atoms with E-state index in [4.69, 9.17) is 37.3 Å². The molecule has 22 heteroatoms. The number of aryl methyl sites for hydroxylation is 5. The Hall–Kier alpha value is -4.04. The summed E-state index contributed by atoms with van der Waals surface area (Å²) < 4.78 is 0.485. The van der Waals surface area contributed by atoms with Crippen LogP contribution in [-0.2, 0) is 22.4 Å². The van der Waals surface area contributed by atoms with Gasteiger partial charge in [-0.1, -0.05) is 42.0 Å². The molecule has 0 unspecified atom stereocenters. The number of nitrogens with one attached hydrogen (secondary N) is 3. The number of nitrogens with two attached hydrogens (primary N) is 3. The van der Waals surface area contributed by atoms with Gasteiger partial charge >= 0.3 is 4.70 Å². The van der Waals surface area contributed by atoms with Crippen molar-refractivity contribution >= 4 is 68.4 Å². The third-order valence-corrected chi connectivity index (χ3v) is 4.85. The number of aliphatic carboxylic acids is 1. The second-order valence-electron chi connectivity index (χ2n) is 9.69. The van der Waals surface area contributed by atoms with Gasteiger partial charge < -0.3 is 27.2 Å². The van der Waals surface area contributed by atoms with Gasteiger partial charge in [0, 0.05) is 33.6 Å². The number of nitrogen functional groups attached to an aromatic ring is 1. The van der Waals surface area contributed by atoms with E-state index in [-0.39, 0.29) is 31.0 Å². The molecule has 0 radical (unpaired) electrons. The van der Waals surface area contributed by atoms with Gasteiger partial charge in [-0.05, 0) is 88.0 Å². The molecular formula is C31H63Cl3N14O5. The zero-order valence-corrected chi connectivity index (χ0v) is 34.4. The molecule has 0 atom stereocenters. The van der Waals surface area contributed by atoms with Gasteiger partial charge in [-0.25, -0.2) is 9.97 Å². The zero-order chi connectivity index (χ0) is 41.8. The van der Waals surface area contributed by atoms with Gasteiger partial charge in [-0.15, -0.1) is 10.2 Å². The predicted molar refractivity (Wildman–Crippen MR) is 214 cm³/mol. The summed E-state index contributed by atoms with van der Waals surface area (Å²) in [5.41, 5.74) is 14.7. The topological polar surface area (TPSA) is 308 Å². The maximum absolute atomic E-state index is 11.0. The van der Waals surface area contributed by atoms with Gasteiger partial charge in [0.15, 0.2) is 5.82 Å². The maximum Gasteiger partial charge on any atom is 0.313 e. The van der Waals surface area contributed by atoms with E-state index in [2.05, 4.69) is 115 Å². The van der Waals surface area contributed by atoms with Crippen molar-refractivity contribution in [2.24, 2.45) is 11.5 Å². The molecular weight excluding hydrogens is 755 g/mol. The van der Waals surface area contributed by atoms with Crippen molar-refractivity contribution in [3.8, 4) is 0 Å². The number of halogens is 3. The van der Waals surface area contributed by atoms with Crippen molar-refractivity contribution in [2.45, 2.75) is 109 Å². The van der Waals surface area contributed by atoms with E-state index in [1.165, 1.54) is 38.2 Å². The van der Waals surface area contributed by atoms with Crippen LogP contribution >= 0.6 is 34.8 Å². The minimum Gasteiger partial charge on any atom is -0.481 e. The Morgan fingerprint density at radius 2 is 1.21 bits per heavy atom. The summed E-state index contributed by atoms with van der Waals surface area (Å²) in [7, 11) is 0. The van der Waals surface area contributed by atoms with Crippen molar-refractivity contribution in [3.63, 3.8) is 0 Å². The highest BCUT2D eigenvalue weighted by Crippen LogP contribution is 2.01. The number of carbonyl (C=O) groups is 4. The number of carbonyl (C=O) groups excluding carboxylic acids is 3. The van der Waals surface area contributed by atoms with Crippen LogP contribution in [0.1, 0.15) is 110 Å². The van der Waals surface area contributed by atoms with Crippen molar-refractivity contribution in [1.82, 2.24) is 50.0 Å². The van der Waals surface area contributed by atoms with Crippen LogP contribution in [0.3, 0.4) is 0 Å². The molecule has 0 aliphatic rings. The fourth-order valence-corrected chi connectivity index (χ4v) is 2.85. The Kier molecular flexibility index (Phi) is 46.9. The molecule has 3 rings (SSSR count). The number of carboxylic acid groups (broad SMARTS) is 1. The van der Waals surface area contributed by atoms with Crippen LogP contribution in [0, 0.1) is 26.2 Å². The minimum atomic E-state index is -0.889. The van der Waals surface area contributed by atoms with Gasteiger partial charge in [0.2, 0.25) is 17.1 Å². The number of aromatic amines is 2. The number of hydrogen-bond donors (Lipinski definition) is 7. The first-order valence-corrected chi connectivity index (χ1v) is 17.1. The minimum absolute atomic E-state index is 0.